The summed E-state index contributed by atoms with van der Waals surface area (Å²) >= 11 is 0. The van der Waals surface area contributed by atoms with E-state index < -0.39 is 10.0 Å². The van der Waals surface area contributed by atoms with Gasteiger partial charge in [0.15, 0.2) is 0 Å². The fraction of sp³-hybridized carbons (Fsp3) is 0.500. The minimum atomic E-state index is -3.51. The van der Waals surface area contributed by atoms with Crippen LogP contribution in [0.1, 0.15) is 25.5 Å². The van der Waals surface area contributed by atoms with Crippen LogP contribution in [0, 0.1) is 17.2 Å². The number of benzene rings is 1. The Morgan fingerprint density at radius 3 is 2.69 bits per heavy atom. The van der Waals surface area contributed by atoms with Crippen LogP contribution in [-0.2, 0) is 10.0 Å². The second kappa shape index (κ2) is 8.95. The molecule has 156 valence electrons. The quantitative estimate of drug-likeness (QED) is 0.739. The van der Waals surface area contributed by atoms with E-state index in [4.69, 9.17) is 4.42 Å². The molecule has 1 aliphatic heterocycles. The number of nitrogens with zero attached hydrogens (tertiary/aromatic N) is 4. The fourth-order valence-electron chi connectivity index (χ4n) is 3.32. The number of sulfonamides is 1. The van der Waals surface area contributed by atoms with Crippen LogP contribution in [0.15, 0.2) is 33.6 Å². The molecule has 8 nitrogen and oxygen atoms in total. The van der Waals surface area contributed by atoms with Gasteiger partial charge in [0, 0.05) is 31.7 Å². The molecule has 29 heavy (non-hydrogen) atoms. The maximum absolute atomic E-state index is 12.9. The monoisotopic (exact) mass is 417 g/mol. The largest absolute Gasteiger partial charge is 0.419 e. The third-order valence-electron chi connectivity index (χ3n) is 4.94. The van der Waals surface area contributed by atoms with Crippen molar-refractivity contribution in [3.63, 3.8) is 0 Å². The molecule has 1 saturated heterocycles. The van der Waals surface area contributed by atoms with E-state index in [9.17, 15) is 13.7 Å². The van der Waals surface area contributed by atoms with Crippen LogP contribution in [0.2, 0.25) is 0 Å². The van der Waals surface area contributed by atoms with E-state index in [1.165, 1.54) is 0 Å². The summed E-state index contributed by atoms with van der Waals surface area (Å²) in [4.78, 5) is 6.49. The number of likely N-dealkylation sites (N-methyl/N-ethyl adjacent to an activating group) is 1. The molecule has 0 radical (unpaired) electrons. The highest BCUT2D eigenvalue weighted by molar-refractivity contribution is 7.89. The van der Waals surface area contributed by atoms with Gasteiger partial charge in [0.1, 0.15) is 6.07 Å². The molecule has 0 spiro atoms. The van der Waals surface area contributed by atoms with Crippen molar-refractivity contribution in [2.24, 2.45) is 5.92 Å². The number of hydrogen-bond acceptors (Lipinski definition) is 7. The molecule has 1 atom stereocenters. The van der Waals surface area contributed by atoms with E-state index in [-0.39, 0.29) is 16.5 Å². The standard InChI is InChI=1S/C20H27N5O3S/c1-15-5-4-11-25(14-15)29(26,27)17-8-6-16(7-9-17)19-23-18(13-21)20(28-19)22-10-12-24(2)3/h6-9,15,22H,4-5,10-12,14H2,1-3H3. The molecule has 1 aliphatic rings. The SMILES string of the molecule is CC1CCCN(S(=O)(=O)c2ccc(-c3nc(C#N)c(NCCN(C)C)o3)cc2)C1. The minimum Gasteiger partial charge on any atom is -0.419 e. The number of aromatic nitrogens is 1. The zero-order valence-corrected chi connectivity index (χ0v) is 17.9. The number of piperidine rings is 1. The highest BCUT2D eigenvalue weighted by atomic mass is 32.2. The first kappa shape index (κ1) is 21.3. The van der Waals surface area contributed by atoms with Crippen molar-refractivity contribution in [1.82, 2.24) is 14.2 Å². The van der Waals surface area contributed by atoms with E-state index in [0.717, 1.165) is 19.4 Å². The van der Waals surface area contributed by atoms with Crippen LogP contribution in [0.25, 0.3) is 11.5 Å². The summed E-state index contributed by atoms with van der Waals surface area (Å²) in [7, 11) is 0.406. The predicted octanol–water partition coefficient (Wildman–Crippen LogP) is 2.61. The number of anilines is 1. The number of nitriles is 1. The second-order valence-corrected chi connectivity index (χ2v) is 9.61. The average Bonchev–Trinajstić information content (AvgIpc) is 3.11. The lowest BCUT2D eigenvalue weighted by Gasteiger charge is -2.30. The first-order valence-electron chi connectivity index (χ1n) is 9.71. The molecule has 1 aromatic heterocycles. The topological polar surface area (TPSA) is 102 Å². The molecule has 2 heterocycles. The van der Waals surface area contributed by atoms with Gasteiger partial charge in [0.2, 0.25) is 27.5 Å². The van der Waals surface area contributed by atoms with Gasteiger partial charge in [-0.15, -0.1) is 0 Å². The molecular weight excluding hydrogens is 390 g/mol. The molecule has 3 rings (SSSR count). The van der Waals surface area contributed by atoms with Gasteiger partial charge in [-0.25, -0.2) is 8.42 Å². The Bertz CT molecular complexity index is 977. The molecular formula is C20H27N5O3S. The number of oxazole rings is 1. The summed E-state index contributed by atoms with van der Waals surface area (Å²) in [5.74, 6) is 0.973. The molecule has 0 aliphatic carbocycles. The molecule has 1 fully saturated rings. The zero-order chi connectivity index (χ0) is 21.0. The molecule has 1 aromatic carbocycles. The van der Waals surface area contributed by atoms with Gasteiger partial charge in [-0.3, -0.25) is 0 Å². The van der Waals surface area contributed by atoms with Crippen LogP contribution in [0.5, 0.6) is 0 Å². The third-order valence-corrected chi connectivity index (χ3v) is 6.82. The predicted molar refractivity (Wildman–Crippen MR) is 111 cm³/mol. The minimum absolute atomic E-state index is 0.178. The molecule has 0 saturated carbocycles. The van der Waals surface area contributed by atoms with E-state index >= 15 is 0 Å². The lowest BCUT2D eigenvalue weighted by Crippen LogP contribution is -2.39. The van der Waals surface area contributed by atoms with Gasteiger partial charge < -0.3 is 14.6 Å². The van der Waals surface area contributed by atoms with Crippen LogP contribution in [0.3, 0.4) is 0 Å². The number of hydrogen-bond donors (Lipinski definition) is 1. The summed E-state index contributed by atoms with van der Waals surface area (Å²) < 4.78 is 33.0. The second-order valence-electron chi connectivity index (χ2n) is 7.67. The normalized spacial score (nSPS) is 18.0. The number of rotatable bonds is 7. The van der Waals surface area contributed by atoms with Gasteiger partial charge in [-0.05, 0) is 57.1 Å². The van der Waals surface area contributed by atoms with Crippen molar-refractivity contribution in [2.45, 2.75) is 24.7 Å². The van der Waals surface area contributed by atoms with Crippen LogP contribution >= 0.6 is 0 Å². The highest BCUT2D eigenvalue weighted by Gasteiger charge is 2.28. The van der Waals surface area contributed by atoms with E-state index in [1.54, 1.807) is 28.6 Å². The molecule has 0 amide bonds. The Balaban J connectivity index is 1.78. The first-order chi connectivity index (χ1) is 13.8. The van der Waals surface area contributed by atoms with E-state index in [2.05, 4.69) is 17.2 Å². The average molecular weight is 418 g/mol. The Labute approximate surface area is 172 Å². The smallest absolute Gasteiger partial charge is 0.243 e. The summed E-state index contributed by atoms with van der Waals surface area (Å²) in [5.41, 5.74) is 0.797. The van der Waals surface area contributed by atoms with Gasteiger partial charge in [0.05, 0.1) is 4.90 Å². The Morgan fingerprint density at radius 1 is 1.34 bits per heavy atom. The van der Waals surface area contributed by atoms with Gasteiger partial charge in [-0.2, -0.15) is 14.6 Å². The van der Waals surface area contributed by atoms with Crippen LogP contribution in [-0.4, -0.2) is 62.9 Å². The first-order valence-corrected chi connectivity index (χ1v) is 11.2. The van der Waals surface area contributed by atoms with Crippen LogP contribution < -0.4 is 5.32 Å². The summed E-state index contributed by atoms with van der Waals surface area (Å²) in [6, 6.07) is 8.49. The Morgan fingerprint density at radius 2 is 2.07 bits per heavy atom. The molecule has 0 bridgehead atoms. The molecule has 9 heteroatoms. The summed E-state index contributed by atoms with van der Waals surface area (Å²) in [6.07, 6.45) is 1.94. The van der Waals surface area contributed by atoms with Crippen molar-refractivity contribution in [2.75, 3.05) is 45.6 Å². The summed E-state index contributed by atoms with van der Waals surface area (Å²) in [5, 5.41) is 12.4. The van der Waals surface area contributed by atoms with Crippen molar-refractivity contribution >= 4 is 15.9 Å². The van der Waals surface area contributed by atoms with Gasteiger partial charge in [0.25, 0.3) is 0 Å². The maximum Gasteiger partial charge on any atom is 0.243 e. The third kappa shape index (κ3) is 4.96. The summed E-state index contributed by atoms with van der Waals surface area (Å²) in [6.45, 7) is 4.58. The van der Waals surface area contributed by atoms with Crippen molar-refractivity contribution in [3.8, 4) is 17.5 Å². The van der Waals surface area contributed by atoms with E-state index in [1.807, 2.05) is 25.1 Å². The molecule has 1 N–H and O–H groups in total. The van der Waals surface area contributed by atoms with Gasteiger partial charge >= 0.3 is 0 Å². The maximum atomic E-state index is 12.9. The highest BCUT2D eigenvalue weighted by Crippen LogP contribution is 2.28. The van der Waals surface area contributed by atoms with Crippen molar-refractivity contribution < 1.29 is 12.8 Å². The lowest BCUT2D eigenvalue weighted by atomic mass is 10.0. The Hall–Kier alpha value is -2.41. The fourth-order valence-corrected chi connectivity index (χ4v) is 4.91. The van der Waals surface area contributed by atoms with Crippen LogP contribution in [0.4, 0.5) is 5.88 Å². The molecule has 2 aromatic rings. The Kier molecular flexibility index (Phi) is 6.57. The van der Waals surface area contributed by atoms with Gasteiger partial charge in [-0.1, -0.05) is 6.92 Å². The van der Waals surface area contributed by atoms with Crippen molar-refractivity contribution in [3.05, 3.63) is 30.0 Å². The lowest BCUT2D eigenvalue weighted by molar-refractivity contribution is 0.281. The molecule has 1 unspecified atom stereocenters. The number of nitrogens with one attached hydrogen (secondary N) is 1. The van der Waals surface area contributed by atoms with E-state index in [0.29, 0.717) is 37.0 Å². The zero-order valence-electron chi connectivity index (χ0n) is 17.1. The van der Waals surface area contributed by atoms with Crippen molar-refractivity contribution in [1.29, 1.82) is 5.26 Å².